The number of benzene rings is 3. The zero-order valence-corrected chi connectivity index (χ0v) is 25.6. The molecule has 0 radical (unpaired) electrons. The fourth-order valence-corrected chi connectivity index (χ4v) is 5.46. The Morgan fingerprint density at radius 1 is 0.951 bits per heavy atom. The number of hydrogen-bond donors (Lipinski definition) is 1. The van der Waals surface area contributed by atoms with Crippen LogP contribution < -0.4 is 14.4 Å². The summed E-state index contributed by atoms with van der Waals surface area (Å²) in [6.07, 6.45) is 2.08. The van der Waals surface area contributed by atoms with Gasteiger partial charge in [-0.2, -0.15) is 0 Å². The molecule has 0 bridgehead atoms. The van der Waals surface area contributed by atoms with Crippen LogP contribution in [0.5, 0.6) is 5.75 Å². The number of hydrogen-bond acceptors (Lipinski definition) is 5. The third kappa shape index (κ3) is 8.57. The predicted octanol–water partition coefficient (Wildman–Crippen LogP) is 4.63. The third-order valence-corrected chi connectivity index (χ3v) is 8.41. The lowest BCUT2D eigenvalue weighted by molar-refractivity contribution is -0.140. The Kier molecular flexibility index (Phi) is 10.9. The van der Waals surface area contributed by atoms with Crippen LogP contribution >= 0.6 is 0 Å². The molecule has 0 aliphatic carbocycles. The van der Waals surface area contributed by atoms with Crippen LogP contribution in [0.3, 0.4) is 0 Å². The van der Waals surface area contributed by atoms with Gasteiger partial charge in [0, 0.05) is 19.0 Å². The molecule has 3 aromatic carbocycles. The summed E-state index contributed by atoms with van der Waals surface area (Å²) in [5.74, 6) is -0.164. The van der Waals surface area contributed by atoms with Gasteiger partial charge < -0.3 is 15.0 Å². The first-order valence-corrected chi connectivity index (χ1v) is 15.6. The average Bonchev–Trinajstić information content (AvgIpc) is 2.95. The maximum Gasteiger partial charge on any atom is 0.244 e. The Morgan fingerprint density at radius 2 is 1.61 bits per heavy atom. The quantitative estimate of drug-likeness (QED) is 0.319. The molecule has 0 aliphatic heterocycles. The summed E-state index contributed by atoms with van der Waals surface area (Å²) in [5, 5.41) is 3.04. The van der Waals surface area contributed by atoms with Crippen LogP contribution in [-0.4, -0.2) is 57.1 Å². The predicted molar refractivity (Wildman–Crippen MR) is 163 cm³/mol. The molecule has 1 N–H and O–H groups in total. The zero-order chi connectivity index (χ0) is 30.2. The Hall–Kier alpha value is -3.85. The van der Waals surface area contributed by atoms with Crippen LogP contribution in [0.4, 0.5) is 5.69 Å². The first kappa shape index (κ1) is 31.7. The highest BCUT2D eigenvalue weighted by atomic mass is 32.2. The number of methoxy groups -OCH3 is 1. The van der Waals surface area contributed by atoms with Gasteiger partial charge in [0.2, 0.25) is 21.8 Å². The molecule has 0 aromatic heterocycles. The Labute approximate surface area is 244 Å². The highest BCUT2D eigenvalue weighted by Crippen LogP contribution is 2.26. The van der Waals surface area contributed by atoms with Crippen molar-refractivity contribution < 1.29 is 22.7 Å². The summed E-state index contributed by atoms with van der Waals surface area (Å²) in [5.41, 5.74) is 3.75. The minimum atomic E-state index is -3.83. The zero-order valence-electron chi connectivity index (χ0n) is 24.8. The largest absolute Gasteiger partial charge is 0.497 e. The number of carbonyl (C=O) groups is 2. The fraction of sp³-hybridized carbons (Fsp3) is 0.375. The molecule has 0 spiro atoms. The maximum absolute atomic E-state index is 14.2. The van der Waals surface area contributed by atoms with Crippen molar-refractivity contribution >= 4 is 27.5 Å². The van der Waals surface area contributed by atoms with Gasteiger partial charge >= 0.3 is 0 Å². The van der Waals surface area contributed by atoms with E-state index in [4.69, 9.17) is 4.74 Å². The molecule has 8 nitrogen and oxygen atoms in total. The second kappa shape index (κ2) is 14.2. The molecule has 0 saturated heterocycles. The first-order chi connectivity index (χ1) is 19.4. The fourth-order valence-electron chi connectivity index (χ4n) is 4.56. The van der Waals surface area contributed by atoms with Crippen LogP contribution in [0.25, 0.3) is 0 Å². The van der Waals surface area contributed by atoms with Gasteiger partial charge in [-0.25, -0.2) is 8.42 Å². The van der Waals surface area contributed by atoms with Crippen molar-refractivity contribution in [3.8, 4) is 5.75 Å². The van der Waals surface area contributed by atoms with E-state index in [1.807, 2.05) is 82.3 Å². The van der Waals surface area contributed by atoms with Gasteiger partial charge in [-0.3, -0.25) is 13.9 Å². The lowest BCUT2D eigenvalue weighted by atomic mass is 10.0. The highest BCUT2D eigenvalue weighted by molar-refractivity contribution is 7.92. The van der Waals surface area contributed by atoms with Gasteiger partial charge in [-0.1, -0.05) is 61.5 Å². The van der Waals surface area contributed by atoms with Crippen molar-refractivity contribution in [3.05, 3.63) is 95.1 Å². The van der Waals surface area contributed by atoms with Gasteiger partial charge in [0.05, 0.1) is 19.1 Å². The number of nitrogens with one attached hydrogen (secondary N) is 1. The smallest absolute Gasteiger partial charge is 0.244 e. The van der Waals surface area contributed by atoms with E-state index in [0.717, 1.165) is 39.2 Å². The summed E-state index contributed by atoms with van der Waals surface area (Å²) in [4.78, 5) is 29.5. The average molecular weight is 580 g/mol. The van der Waals surface area contributed by atoms with Gasteiger partial charge in [-0.05, 0) is 67.6 Å². The van der Waals surface area contributed by atoms with Crippen molar-refractivity contribution in [1.82, 2.24) is 10.2 Å². The van der Waals surface area contributed by atoms with Gasteiger partial charge in [0.25, 0.3) is 0 Å². The third-order valence-electron chi connectivity index (χ3n) is 7.28. The van der Waals surface area contributed by atoms with E-state index in [2.05, 4.69) is 5.32 Å². The van der Waals surface area contributed by atoms with E-state index in [1.54, 1.807) is 25.3 Å². The number of carbonyl (C=O) groups excluding carboxylic acids is 2. The topological polar surface area (TPSA) is 96.0 Å². The number of anilines is 1. The van der Waals surface area contributed by atoms with Crippen molar-refractivity contribution in [2.24, 2.45) is 0 Å². The summed E-state index contributed by atoms with van der Waals surface area (Å²) in [7, 11) is -2.27. The number of nitrogens with zero attached hydrogens (tertiary/aromatic N) is 2. The van der Waals surface area contributed by atoms with E-state index in [-0.39, 0.29) is 24.9 Å². The number of sulfonamides is 1. The molecule has 2 atom stereocenters. The van der Waals surface area contributed by atoms with E-state index in [0.29, 0.717) is 11.4 Å². The molecule has 0 aliphatic rings. The van der Waals surface area contributed by atoms with Crippen molar-refractivity contribution in [3.63, 3.8) is 0 Å². The molecule has 9 heteroatoms. The lowest BCUT2D eigenvalue weighted by Gasteiger charge is -2.34. The monoisotopic (exact) mass is 579 g/mol. The standard InChI is InChI=1S/C32H41N3O5S/c1-7-24(3)33-32(37)30(20-26-14-9-8-10-15-26)34(21-27-16-12-17-28(19-27)40-5)31(36)22-35(41(6,38)39)29-18-11-13-23(2)25(29)4/h8-19,24,30H,7,20-22H2,1-6H3,(H,33,37)/t24-,30+/m0/s1. The molecule has 0 unspecified atom stereocenters. The van der Waals surface area contributed by atoms with Crippen molar-refractivity contribution in [2.45, 2.75) is 59.2 Å². The van der Waals surface area contributed by atoms with Gasteiger partial charge in [0.1, 0.15) is 18.3 Å². The summed E-state index contributed by atoms with van der Waals surface area (Å²) in [6, 6.07) is 21.2. The van der Waals surface area contributed by atoms with Crippen LogP contribution in [0, 0.1) is 13.8 Å². The number of rotatable bonds is 13. The molecular weight excluding hydrogens is 538 g/mol. The van der Waals surface area contributed by atoms with E-state index >= 15 is 0 Å². The number of aryl methyl sites for hydroxylation is 1. The molecule has 0 heterocycles. The number of amides is 2. The van der Waals surface area contributed by atoms with E-state index in [1.165, 1.54) is 4.90 Å². The van der Waals surface area contributed by atoms with E-state index in [9.17, 15) is 18.0 Å². The molecule has 220 valence electrons. The van der Waals surface area contributed by atoms with Crippen LogP contribution in [0.2, 0.25) is 0 Å². The van der Waals surface area contributed by atoms with Gasteiger partial charge in [-0.15, -0.1) is 0 Å². The second-order valence-electron chi connectivity index (χ2n) is 10.4. The summed E-state index contributed by atoms with van der Waals surface area (Å²) < 4.78 is 32.6. The normalized spacial score (nSPS) is 12.7. The van der Waals surface area contributed by atoms with Crippen molar-refractivity contribution in [1.29, 1.82) is 0 Å². The van der Waals surface area contributed by atoms with Crippen molar-refractivity contribution in [2.75, 3.05) is 24.2 Å². The Morgan fingerprint density at radius 3 is 2.24 bits per heavy atom. The van der Waals surface area contributed by atoms with Crippen LogP contribution in [0.15, 0.2) is 72.8 Å². The molecule has 0 fully saturated rings. The molecular formula is C32H41N3O5S. The summed E-state index contributed by atoms with van der Waals surface area (Å²) >= 11 is 0. The first-order valence-electron chi connectivity index (χ1n) is 13.7. The Bertz CT molecular complexity index is 1440. The molecule has 3 aromatic rings. The highest BCUT2D eigenvalue weighted by Gasteiger charge is 2.33. The second-order valence-corrected chi connectivity index (χ2v) is 12.3. The number of ether oxygens (including phenoxy) is 1. The molecule has 3 rings (SSSR count). The maximum atomic E-state index is 14.2. The lowest BCUT2D eigenvalue weighted by Crippen LogP contribution is -2.54. The Balaban J connectivity index is 2.10. The SMILES string of the molecule is CC[C@H](C)NC(=O)[C@@H](Cc1ccccc1)N(Cc1cccc(OC)c1)C(=O)CN(c1cccc(C)c1C)S(C)(=O)=O. The minimum Gasteiger partial charge on any atom is -0.497 e. The molecule has 0 saturated carbocycles. The molecule has 2 amide bonds. The van der Waals surface area contributed by atoms with Gasteiger partial charge in [0.15, 0.2) is 0 Å². The van der Waals surface area contributed by atoms with Crippen LogP contribution in [-0.2, 0) is 32.6 Å². The minimum absolute atomic E-state index is 0.0891. The van der Waals surface area contributed by atoms with Crippen LogP contribution in [0.1, 0.15) is 42.5 Å². The van der Waals surface area contributed by atoms with E-state index < -0.39 is 28.5 Å². The molecule has 41 heavy (non-hydrogen) atoms. The summed E-state index contributed by atoms with van der Waals surface area (Å²) in [6.45, 7) is 7.26.